The summed E-state index contributed by atoms with van der Waals surface area (Å²) in [5.41, 5.74) is -0.749. The van der Waals surface area contributed by atoms with E-state index in [1.54, 1.807) is 20.8 Å². The van der Waals surface area contributed by atoms with Gasteiger partial charge in [0.25, 0.3) is 0 Å². The molecule has 0 aromatic rings. The molecule has 0 N–H and O–H groups in total. The molecule has 1 heterocycles. The molecule has 1 rings (SSSR count). The van der Waals surface area contributed by atoms with E-state index in [0.29, 0.717) is 0 Å². The number of hydrogen-bond acceptors (Lipinski definition) is 2. The summed E-state index contributed by atoms with van der Waals surface area (Å²) in [7, 11) is 0. The van der Waals surface area contributed by atoms with E-state index in [1.165, 1.54) is 0 Å². The van der Waals surface area contributed by atoms with E-state index >= 15 is 0 Å². The van der Waals surface area contributed by atoms with Crippen LogP contribution < -0.4 is 0 Å². The average molecular weight is 251 g/mol. The Morgan fingerprint density at radius 3 is 2.18 bits per heavy atom. The van der Waals surface area contributed by atoms with Crippen molar-refractivity contribution in [2.75, 3.05) is 6.54 Å². The molecule has 0 aliphatic carbocycles. The molecule has 17 heavy (non-hydrogen) atoms. The largest absolute Gasteiger partial charge is 0.392 e. The van der Waals surface area contributed by atoms with Crippen LogP contribution in [0.3, 0.4) is 0 Å². The fraction of sp³-hybridized carbons (Fsp3) is 0.818. The van der Waals surface area contributed by atoms with Crippen LogP contribution in [0.1, 0.15) is 33.6 Å². The highest BCUT2D eigenvalue weighted by atomic mass is 19.4. The minimum Gasteiger partial charge on any atom is -0.282 e. The first-order chi connectivity index (χ1) is 7.53. The van der Waals surface area contributed by atoms with E-state index in [9.17, 15) is 22.8 Å². The lowest BCUT2D eigenvalue weighted by Crippen LogP contribution is -2.49. The lowest BCUT2D eigenvalue weighted by atomic mass is 9.90. The SMILES string of the molecule is CC(C)(C)C(=O)N1CCC(C(F)(F)F)CC1=O. The zero-order valence-corrected chi connectivity index (χ0v) is 10.1. The molecule has 1 aliphatic rings. The molecule has 1 aliphatic heterocycles. The molecule has 1 unspecified atom stereocenters. The van der Waals surface area contributed by atoms with Gasteiger partial charge in [0.15, 0.2) is 0 Å². The van der Waals surface area contributed by atoms with Crippen LogP contribution in [0.5, 0.6) is 0 Å². The Morgan fingerprint density at radius 1 is 1.29 bits per heavy atom. The highest BCUT2D eigenvalue weighted by molar-refractivity contribution is 5.98. The fourth-order valence-corrected chi connectivity index (χ4v) is 1.73. The van der Waals surface area contributed by atoms with E-state index in [0.717, 1.165) is 4.90 Å². The van der Waals surface area contributed by atoms with Crippen molar-refractivity contribution < 1.29 is 22.8 Å². The molecule has 0 bridgehead atoms. The molecule has 3 nitrogen and oxygen atoms in total. The van der Waals surface area contributed by atoms with Crippen LogP contribution in [-0.4, -0.2) is 29.4 Å². The molecule has 0 aromatic heterocycles. The van der Waals surface area contributed by atoms with Crippen molar-refractivity contribution in [3.63, 3.8) is 0 Å². The number of likely N-dealkylation sites (tertiary alicyclic amines) is 1. The smallest absolute Gasteiger partial charge is 0.282 e. The van der Waals surface area contributed by atoms with Gasteiger partial charge in [-0.2, -0.15) is 13.2 Å². The van der Waals surface area contributed by atoms with E-state index in [2.05, 4.69) is 0 Å². The number of hydrogen-bond donors (Lipinski definition) is 0. The number of carbonyl (C=O) groups is 2. The number of alkyl halides is 3. The second kappa shape index (κ2) is 4.31. The predicted octanol–water partition coefficient (Wildman–Crippen LogP) is 2.36. The van der Waals surface area contributed by atoms with Crippen molar-refractivity contribution >= 4 is 11.8 Å². The number of amides is 2. The Morgan fingerprint density at radius 2 is 1.82 bits per heavy atom. The van der Waals surface area contributed by atoms with Gasteiger partial charge in [0.1, 0.15) is 0 Å². The summed E-state index contributed by atoms with van der Waals surface area (Å²) in [4.78, 5) is 24.3. The van der Waals surface area contributed by atoms with Crippen molar-refractivity contribution in [3.8, 4) is 0 Å². The summed E-state index contributed by atoms with van der Waals surface area (Å²) in [6.45, 7) is 4.77. The predicted molar refractivity (Wildman–Crippen MR) is 55.0 cm³/mol. The van der Waals surface area contributed by atoms with Crippen molar-refractivity contribution in [1.29, 1.82) is 0 Å². The zero-order chi connectivity index (χ0) is 13.4. The number of imide groups is 1. The molecule has 6 heteroatoms. The molecular weight excluding hydrogens is 235 g/mol. The number of rotatable bonds is 0. The third-order valence-corrected chi connectivity index (χ3v) is 2.77. The van der Waals surface area contributed by atoms with Gasteiger partial charge in [0.05, 0.1) is 5.92 Å². The van der Waals surface area contributed by atoms with Crippen molar-refractivity contribution in [2.24, 2.45) is 11.3 Å². The van der Waals surface area contributed by atoms with Gasteiger partial charge in [-0.25, -0.2) is 0 Å². The van der Waals surface area contributed by atoms with Gasteiger partial charge in [0.2, 0.25) is 11.8 Å². The molecule has 0 aromatic carbocycles. The summed E-state index contributed by atoms with van der Waals surface area (Å²) in [5.74, 6) is -2.75. The molecule has 1 saturated heterocycles. The standard InChI is InChI=1S/C11H16F3NO2/c1-10(2,3)9(17)15-5-4-7(6-8(15)16)11(12,13)14/h7H,4-6H2,1-3H3. The zero-order valence-electron chi connectivity index (χ0n) is 10.1. The van der Waals surface area contributed by atoms with E-state index in [4.69, 9.17) is 0 Å². The summed E-state index contributed by atoms with van der Waals surface area (Å²) in [5, 5.41) is 0. The van der Waals surface area contributed by atoms with E-state index in [1.807, 2.05) is 0 Å². The molecule has 0 spiro atoms. The highest BCUT2D eigenvalue weighted by Crippen LogP contribution is 2.35. The second-order valence-corrected chi connectivity index (χ2v) is 5.33. The molecule has 0 radical (unpaired) electrons. The van der Waals surface area contributed by atoms with Gasteiger partial charge in [-0.05, 0) is 6.42 Å². The van der Waals surface area contributed by atoms with E-state index < -0.39 is 35.7 Å². The van der Waals surface area contributed by atoms with Gasteiger partial charge in [-0.15, -0.1) is 0 Å². The van der Waals surface area contributed by atoms with Gasteiger partial charge in [-0.3, -0.25) is 14.5 Å². The number of nitrogens with zero attached hydrogens (tertiary/aromatic N) is 1. The Bertz CT molecular complexity index is 331. The van der Waals surface area contributed by atoms with Crippen LogP contribution in [0, 0.1) is 11.3 Å². The van der Waals surface area contributed by atoms with Gasteiger partial charge in [-0.1, -0.05) is 20.8 Å². The van der Waals surface area contributed by atoms with Crippen LogP contribution in [0.4, 0.5) is 13.2 Å². The normalized spacial score (nSPS) is 22.8. The lowest BCUT2D eigenvalue weighted by molar-refractivity contribution is -0.191. The number of piperidine rings is 1. The van der Waals surface area contributed by atoms with E-state index in [-0.39, 0.29) is 13.0 Å². The van der Waals surface area contributed by atoms with Crippen LogP contribution in [0.15, 0.2) is 0 Å². The molecule has 1 fully saturated rings. The maximum atomic E-state index is 12.4. The topological polar surface area (TPSA) is 37.4 Å². The summed E-state index contributed by atoms with van der Waals surface area (Å²) in [6.07, 6.45) is -5.17. The van der Waals surface area contributed by atoms with Crippen molar-refractivity contribution in [3.05, 3.63) is 0 Å². The Balaban J connectivity index is 2.73. The van der Waals surface area contributed by atoms with Crippen molar-refractivity contribution in [2.45, 2.75) is 39.8 Å². The quantitative estimate of drug-likeness (QED) is 0.662. The molecule has 98 valence electrons. The van der Waals surface area contributed by atoms with Crippen LogP contribution >= 0.6 is 0 Å². The molecule has 0 saturated carbocycles. The summed E-state index contributed by atoms with van der Waals surface area (Å²) < 4.78 is 37.3. The Hall–Kier alpha value is -1.07. The van der Waals surface area contributed by atoms with Gasteiger partial charge < -0.3 is 0 Å². The molecule has 2 amide bonds. The number of halogens is 3. The maximum Gasteiger partial charge on any atom is 0.392 e. The second-order valence-electron chi connectivity index (χ2n) is 5.33. The molecular formula is C11H16F3NO2. The van der Waals surface area contributed by atoms with Crippen LogP contribution in [-0.2, 0) is 9.59 Å². The Labute approximate surface area is 98.0 Å². The van der Waals surface area contributed by atoms with Crippen LogP contribution in [0.2, 0.25) is 0 Å². The third kappa shape index (κ3) is 3.20. The Kier molecular flexibility index (Phi) is 3.55. The fourth-order valence-electron chi connectivity index (χ4n) is 1.73. The lowest BCUT2D eigenvalue weighted by Gasteiger charge is -2.34. The molecule has 1 atom stereocenters. The average Bonchev–Trinajstić information content (AvgIpc) is 2.13. The van der Waals surface area contributed by atoms with Crippen LogP contribution in [0.25, 0.3) is 0 Å². The van der Waals surface area contributed by atoms with Crippen molar-refractivity contribution in [1.82, 2.24) is 4.90 Å². The number of carbonyl (C=O) groups excluding carboxylic acids is 2. The minimum atomic E-state index is -4.35. The van der Waals surface area contributed by atoms with Gasteiger partial charge >= 0.3 is 6.18 Å². The first-order valence-corrected chi connectivity index (χ1v) is 5.45. The van der Waals surface area contributed by atoms with Gasteiger partial charge in [0, 0.05) is 18.4 Å². The monoisotopic (exact) mass is 251 g/mol. The maximum absolute atomic E-state index is 12.4. The first kappa shape index (κ1) is 14.0. The minimum absolute atomic E-state index is 0.140. The summed E-state index contributed by atoms with van der Waals surface area (Å²) in [6, 6.07) is 0. The summed E-state index contributed by atoms with van der Waals surface area (Å²) >= 11 is 0. The first-order valence-electron chi connectivity index (χ1n) is 5.45. The third-order valence-electron chi connectivity index (χ3n) is 2.77. The highest BCUT2D eigenvalue weighted by Gasteiger charge is 2.46.